The van der Waals surface area contributed by atoms with Gasteiger partial charge in [-0.1, -0.05) is 12.1 Å². The van der Waals surface area contributed by atoms with Crippen LogP contribution in [0, 0.1) is 17.7 Å². The van der Waals surface area contributed by atoms with E-state index in [1.165, 1.54) is 25.7 Å². The van der Waals surface area contributed by atoms with Crippen molar-refractivity contribution >= 4 is 21.9 Å². The molecule has 1 aromatic carbocycles. The highest BCUT2D eigenvalue weighted by Crippen LogP contribution is 2.43. The fourth-order valence-electron chi connectivity index (χ4n) is 4.83. The van der Waals surface area contributed by atoms with E-state index in [1.807, 2.05) is 6.07 Å². The molecule has 0 aromatic heterocycles. The Morgan fingerprint density at radius 1 is 1.11 bits per heavy atom. The number of halogens is 2. The predicted molar refractivity (Wildman–Crippen MR) is 110 cm³/mol. The van der Waals surface area contributed by atoms with Gasteiger partial charge in [-0.3, -0.25) is 4.79 Å². The van der Waals surface area contributed by atoms with Crippen molar-refractivity contribution in [1.29, 1.82) is 0 Å². The van der Waals surface area contributed by atoms with Gasteiger partial charge in [0, 0.05) is 6.42 Å². The van der Waals surface area contributed by atoms with Crippen LogP contribution in [0.1, 0.15) is 75.7 Å². The molecule has 27 heavy (non-hydrogen) atoms. The monoisotopic (exact) mass is 436 g/mol. The van der Waals surface area contributed by atoms with Crippen molar-refractivity contribution in [3.05, 3.63) is 46.7 Å². The molecular formula is C23H30BrFO2. The third kappa shape index (κ3) is 5.66. The van der Waals surface area contributed by atoms with E-state index in [0.717, 1.165) is 43.1 Å². The van der Waals surface area contributed by atoms with Crippen molar-refractivity contribution in [2.24, 2.45) is 11.8 Å². The SMILES string of the molecule is C=CCCC(=O)O[C@H]1CC[C@H]([C@H]2CC[C@H](c3ccc(Br)c(F)c3)CC2)CC1. The lowest BCUT2D eigenvalue weighted by Crippen LogP contribution is -2.29. The van der Waals surface area contributed by atoms with Crippen LogP contribution in [0.2, 0.25) is 0 Å². The molecule has 2 aliphatic rings. The number of rotatable bonds is 6. The van der Waals surface area contributed by atoms with E-state index >= 15 is 0 Å². The van der Waals surface area contributed by atoms with E-state index in [4.69, 9.17) is 4.74 Å². The van der Waals surface area contributed by atoms with Crippen molar-refractivity contribution in [1.82, 2.24) is 0 Å². The molecule has 0 unspecified atom stereocenters. The highest BCUT2D eigenvalue weighted by Gasteiger charge is 2.32. The Morgan fingerprint density at radius 2 is 1.74 bits per heavy atom. The molecular weight excluding hydrogens is 407 g/mol. The van der Waals surface area contributed by atoms with Gasteiger partial charge >= 0.3 is 5.97 Å². The van der Waals surface area contributed by atoms with Crippen LogP contribution < -0.4 is 0 Å². The van der Waals surface area contributed by atoms with E-state index in [1.54, 1.807) is 12.1 Å². The van der Waals surface area contributed by atoms with Crippen LogP contribution in [0.25, 0.3) is 0 Å². The second kappa shape index (κ2) is 9.86. The van der Waals surface area contributed by atoms with Crippen molar-refractivity contribution in [3.8, 4) is 0 Å². The minimum atomic E-state index is -0.157. The Morgan fingerprint density at radius 3 is 2.33 bits per heavy atom. The first-order chi connectivity index (χ1) is 13.1. The van der Waals surface area contributed by atoms with Gasteiger partial charge in [0.15, 0.2) is 0 Å². The summed E-state index contributed by atoms with van der Waals surface area (Å²) in [5, 5.41) is 0. The molecule has 0 aliphatic heterocycles. The van der Waals surface area contributed by atoms with Gasteiger partial charge in [0.05, 0.1) is 4.47 Å². The molecule has 0 radical (unpaired) electrons. The minimum Gasteiger partial charge on any atom is -0.462 e. The molecule has 0 spiro atoms. The largest absolute Gasteiger partial charge is 0.462 e. The molecule has 2 aliphatic carbocycles. The van der Waals surface area contributed by atoms with Gasteiger partial charge in [-0.05, 0) is 109 Å². The van der Waals surface area contributed by atoms with E-state index in [9.17, 15) is 9.18 Å². The van der Waals surface area contributed by atoms with Crippen molar-refractivity contribution in [3.63, 3.8) is 0 Å². The lowest BCUT2D eigenvalue weighted by atomic mass is 9.69. The number of ether oxygens (including phenoxy) is 1. The summed E-state index contributed by atoms with van der Waals surface area (Å²) in [6, 6.07) is 5.58. The molecule has 4 heteroatoms. The molecule has 2 nitrogen and oxygen atoms in total. The van der Waals surface area contributed by atoms with Crippen LogP contribution in [0.4, 0.5) is 4.39 Å². The van der Waals surface area contributed by atoms with Crippen LogP contribution >= 0.6 is 15.9 Å². The number of hydrogen-bond acceptors (Lipinski definition) is 2. The second-order valence-electron chi connectivity index (χ2n) is 8.14. The topological polar surface area (TPSA) is 26.3 Å². The summed E-state index contributed by atoms with van der Waals surface area (Å²) in [5.74, 6) is 1.79. The first-order valence-corrected chi connectivity index (χ1v) is 11.1. The van der Waals surface area contributed by atoms with Crippen LogP contribution in [0.15, 0.2) is 35.3 Å². The van der Waals surface area contributed by atoms with E-state index < -0.39 is 0 Å². The predicted octanol–water partition coefficient (Wildman–Crippen LogP) is 6.93. The summed E-state index contributed by atoms with van der Waals surface area (Å²) in [4.78, 5) is 11.8. The molecule has 2 saturated carbocycles. The van der Waals surface area contributed by atoms with Crippen LogP contribution in [-0.4, -0.2) is 12.1 Å². The fraction of sp³-hybridized carbons (Fsp3) is 0.609. The smallest absolute Gasteiger partial charge is 0.306 e. The molecule has 0 amide bonds. The minimum absolute atomic E-state index is 0.0828. The normalized spacial score (nSPS) is 28.5. The van der Waals surface area contributed by atoms with Gasteiger partial charge in [-0.25, -0.2) is 4.39 Å². The first-order valence-electron chi connectivity index (χ1n) is 10.3. The average molecular weight is 437 g/mol. The van der Waals surface area contributed by atoms with E-state index in [2.05, 4.69) is 28.6 Å². The highest BCUT2D eigenvalue weighted by atomic mass is 79.9. The quantitative estimate of drug-likeness (QED) is 0.356. The van der Waals surface area contributed by atoms with Crippen LogP contribution in [0.3, 0.4) is 0 Å². The molecule has 0 heterocycles. The Hall–Kier alpha value is -1.16. The molecule has 1 aromatic rings. The van der Waals surface area contributed by atoms with Crippen molar-refractivity contribution < 1.29 is 13.9 Å². The summed E-state index contributed by atoms with van der Waals surface area (Å²) in [6.45, 7) is 3.65. The maximum Gasteiger partial charge on any atom is 0.306 e. The first kappa shape index (κ1) is 20.6. The molecule has 0 atom stereocenters. The van der Waals surface area contributed by atoms with Crippen LogP contribution in [0.5, 0.6) is 0 Å². The van der Waals surface area contributed by atoms with Gasteiger partial charge in [-0.2, -0.15) is 0 Å². The molecule has 2 fully saturated rings. The van der Waals surface area contributed by atoms with Gasteiger partial charge in [0.2, 0.25) is 0 Å². The van der Waals surface area contributed by atoms with E-state index in [-0.39, 0.29) is 17.9 Å². The van der Waals surface area contributed by atoms with Crippen molar-refractivity contribution in [2.75, 3.05) is 0 Å². The van der Waals surface area contributed by atoms with Crippen molar-refractivity contribution in [2.45, 2.75) is 76.2 Å². The number of benzene rings is 1. The number of esters is 1. The molecule has 0 bridgehead atoms. The summed E-state index contributed by atoms with van der Waals surface area (Å²) < 4.78 is 20.0. The Bertz CT molecular complexity index is 644. The third-order valence-corrected chi connectivity index (χ3v) is 7.07. The van der Waals surface area contributed by atoms with Gasteiger partial charge < -0.3 is 4.74 Å². The maximum absolute atomic E-state index is 13.8. The molecule has 3 rings (SSSR count). The average Bonchev–Trinajstić information content (AvgIpc) is 2.69. The number of carbonyl (C=O) groups is 1. The Balaban J connectivity index is 1.42. The Labute approximate surface area is 170 Å². The lowest BCUT2D eigenvalue weighted by Gasteiger charge is -2.37. The third-order valence-electron chi connectivity index (χ3n) is 6.42. The van der Waals surface area contributed by atoms with E-state index in [0.29, 0.717) is 23.2 Å². The summed E-state index contributed by atoms with van der Waals surface area (Å²) in [6.07, 6.45) is 12.1. The number of carbonyl (C=O) groups excluding carboxylic acids is 1. The fourth-order valence-corrected chi connectivity index (χ4v) is 5.08. The molecule has 0 saturated heterocycles. The summed E-state index contributed by atoms with van der Waals surface area (Å²) in [5.41, 5.74) is 1.14. The zero-order valence-corrected chi connectivity index (χ0v) is 17.6. The van der Waals surface area contributed by atoms with Gasteiger partial charge in [0.25, 0.3) is 0 Å². The van der Waals surface area contributed by atoms with Gasteiger partial charge in [-0.15, -0.1) is 6.58 Å². The Kier molecular flexibility index (Phi) is 7.51. The number of allylic oxidation sites excluding steroid dienone is 1. The van der Waals surface area contributed by atoms with Crippen LogP contribution in [-0.2, 0) is 9.53 Å². The maximum atomic E-state index is 13.8. The highest BCUT2D eigenvalue weighted by molar-refractivity contribution is 9.10. The zero-order chi connectivity index (χ0) is 19.2. The lowest BCUT2D eigenvalue weighted by molar-refractivity contribution is -0.151. The summed E-state index contributed by atoms with van der Waals surface area (Å²) >= 11 is 3.24. The molecule has 148 valence electrons. The standard InChI is InChI=1S/C23H30BrFO2/c1-2-3-4-23(26)27-20-12-9-17(10-13-20)16-5-7-18(8-6-16)19-11-14-21(24)22(25)15-19/h2,11,14-18,20H,1,3-10,12-13H2/t16-,17-,18-,20-. The zero-order valence-electron chi connectivity index (χ0n) is 16.0. The second-order valence-corrected chi connectivity index (χ2v) is 8.99. The van der Waals surface area contributed by atoms with Gasteiger partial charge in [0.1, 0.15) is 11.9 Å². The molecule has 0 N–H and O–H groups in total. The number of hydrogen-bond donors (Lipinski definition) is 0. The summed E-state index contributed by atoms with van der Waals surface area (Å²) in [7, 11) is 0.